The van der Waals surface area contributed by atoms with Crippen LogP contribution in [0.25, 0.3) is 0 Å². The van der Waals surface area contributed by atoms with Crippen molar-refractivity contribution in [3.05, 3.63) is 65.5 Å². The van der Waals surface area contributed by atoms with E-state index in [0.29, 0.717) is 17.6 Å². The van der Waals surface area contributed by atoms with Gasteiger partial charge in [0, 0.05) is 17.4 Å². The van der Waals surface area contributed by atoms with E-state index in [2.05, 4.69) is 6.58 Å². The van der Waals surface area contributed by atoms with Crippen molar-refractivity contribution in [3.63, 3.8) is 0 Å². The van der Waals surface area contributed by atoms with E-state index < -0.39 is 28.8 Å². The number of phenolic OH excluding ortho intramolecular Hbond substituents is 1. The summed E-state index contributed by atoms with van der Waals surface area (Å²) in [5, 5.41) is 10.2. The molecule has 0 saturated carbocycles. The molecule has 1 aromatic carbocycles. The Hall–Kier alpha value is -2.49. The number of hydrogen-bond donors (Lipinski definition) is 1. The van der Waals surface area contributed by atoms with Gasteiger partial charge in [0.05, 0.1) is 5.41 Å². The van der Waals surface area contributed by atoms with Crippen molar-refractivity contribution in [3.8, 4) is 5.75 Å². The number of benzene rings is 1. The molecule has 4 heteroatoms. The van der Waals surface area contributed by atoms with E-state index in [4.69, 9.17) is 0 Å². The molecule has 0 aromatic heterocycles. The highest BCUT2D eigenvalue weighted by molar-refractivity contribution is 6.13. The molecule has 2 aliphatic rings. The molecular weight excluding hydrogens is 307 g/mol. The molecule has 3 atom stereocenters. The van der Waals surface area contributed by atoms with Crippen LogP contribution < -0.4 is 0 Å². The summed E-state index contributed by atoms with van der Waals surface area (Å²) in [7, 11) is 0. The number of allylic oxidation sites excluding steroid dienone is 5. The molecular formula is C20H19FO3. The molecule has 1 aromatic rings. The second-order valence-electron chi connectivity index (χ2n) is 6.65. The van der Waals surface area contributed by atoms with Gasteiger partial charge in [-0.2, -0.15) is 0 Å². The molecule has 0 bridgehead atoms. The second kappa shape index (κ2) is 5.55. The first-order valence-electron chi connectivity index (χ1n) is 7.89. The van der Waals surface area contributed by atoms with Crippen molar-refractivity contribution in [2.24, 2.45) is 11.3 Å². The summed E-state index contributed by atoms with van der Waals surface area (Å²) in [6.07, 6.45) is 5.29. The molecule has 0 amide bonds. The Morgan fingerprint density at radius 3 is 2.75 bits per heavy atom. The smallest absolute Gasteiger partial charge is 0.166 e. The number of ketones is 2. The molecule has 3 unspecified atom stereocenters. The Bertz CT molecular complexity index is 818. The van der Waals surface area contributed by atoms with Crippen LogP contribution >= 0.6 is 0 Å². The average molecular weight is 326 g/mol. The zero-order valence-corrected chi connectivity index (χ0v) is 13.7. The van der Waals surface area contributed by atoms with E-state index in [1.165, 1.54) is 12.1 Å². The molecule has 1 N–H and O–H groups in total. The van der Waals surface area contributed by atoms with Gasteiger partial charge in [-0.15, -0.1) is 0 Å². The fourth-order valence-corrected chi connectivity index (χ4v) is 4.14. The Morgan fingerprint density at radius 1 is 1.38 bits per heavy atom. The molecule has 0 spiro atoms. The number of halogens is 1. The minimum Gasteiger partial charge on any atom is -0.505 e. The largest absolute Gasteiger partial charge is 0.505 e. The van der Waals surface area contributed by atoms with Gasteiger partial charge in [-0.05, 0) is 36.6 Å². The van der Waals surface area contributed by atoms with Crippen molar-refractivity contribution in [1.82, 2.24) is 0 Å². The van der Waals surface area contributed by atoms with Gasteiger partial charge in [0.2, 0.25) is 0 Å². The predicted octanol–water partition coefficient (Wildman–Crippen LogP) is 3.85. The highest BCUT2D eigenvalue weighted by Gasteiger charge is 2.55. The van der Waals surface area contributed by atoms with Crippen molar-refractivity contribution < 1.29 is 19.1 Å². The number of carbonyl (C=O) groups is 2. The number of Topliss-reactive ketones (excluding diaryl/α,β-unsaturated/α-hetero) is 1. The molecule has 0 heterocycles. The van der Waals surface area contributed by atoms with E-state index in [9.17, 15) is 19.1 Å². The van der Waals surface area contributed by atoms with Crippen LogP contribution in [0.1, 0.15) is 31.7 Å². The summed E-state index contributed by atoms with van der Waals surface area (Å²) in [5.41, 5.74) is 0.360. The number of phenols is 1. The summed E-state index contributed by atoms with van der Waals surface area (Å²) in [5.74, 6) is -2.62. The lowest BCUT2D eigenvalue weighted by Gasteiger charge is -2.47. The number of fused-ring (bicyclic) bond motifs is 1. The summed E-state index contributed by atoms with van der Waals surface area (Å²) < 4.78 is 13.9. The maximum atomic E-state index is 13.9. The van der Waals surface area contributed by atoms with Gasteiger partial charge in [0.25, 0.3) is 0 Å². The lowest BCUT2D eigenvalue weighted by molar-refractivity contribution is -0.137. The van der Waals surface area contributed by atoms with Crippen molar-refractivity contribution in [2.45, 2.75) is 26.2 Å². The highest BCUT2D eigenvalue weighted by Crippen LogP contribution is 2.56. The summed E-state index contributed by atoms with van der Waals surface area (Å²) in [4.78, 5) is 25.5. The Balaban J connectivity index is 2.29. The van der Waals surface area contributed by atoms with Crippen LogP contribution in [-0.4, -0.2) is 16.7 Å². The average Bonchev–Trinajstić information content (AvgIpc) is 2.55. The van der Waals surface area contributed by atoms with Crippen LogP contribution in [0.3, 0.4) is 0 Å². The van der Waals surface area contributed by atoms with E-state index in [1.54, 1.807) is 26.0 Å². The van der Waals surface area contributed by atoms with Gasteiger partial charge in [-0.1, -0.05) is 37.8 Å². The van der Waals surface area contributed by atoms with Crippen molar-refractivity contribution >= 4 is 11.6 Å². The van der Waals surface area contributed by atoms with Crippen LogP contribution in [0.15, 0.2) is 54.2 Å². The number of hydrogen-bond acceptors (Lipinski definition) is 3. The van der Waals surface area contributed by atoms with Crippen LogP contribution in [0.4, 0.5) is 4.39 Å². The van der Waals surface area contributed by atoms with Gasteiger partial charge in [0.15, 0.2) is 23.1 Å². The quantitative estimate of drug-likeness (QED) is 0.898. The monoisotopic (exact) mass is 326 g/mol. The van der Waals surface area contributed by atoms with Crippen LogP contribution in [0, 0.1) is 17.2 Å². The maximum absolute atomic E-state index is 13.9. The SMILES string of the molecule is C=CC1=CCC2C(=O)C=C(C)C(=O)C2(C)C1c1cccc(F)c1O. The van der Waals surface area contributed by atoms with Crippen LogP contribution in [-0.2, 0) is 9.59 Å². The first-order chi connectivity index (χ1) is 11.3. The molecule has 0 aliphatic heterocycles. The molecule has 0 radical (unpaired) electrons. The van der Waals surface area contributed by atoms with Gasteiger partial charge in [-0.25, -0.2) is 4.39 Å². The minimum absolute atomic E-state index is 0.102. The third-order valence-corrected chi connectivity index (χ3v) is 5.36. The molecule has 2 aliphatic carbocycles. The Labute approximate surface area is 140 Å². The summed E-state index contributed by atoms with van der Waals surface area (Å²) >= 11 is 0. The minimum atomic E-state index is -1.07. The van der Waals surface area contributed by atoms with Gasteiger partial charge in [-0.3, -0.25) is 9.59 Å². The second-order valence-corrected chi connectivity index (χ2v) is 6.65. The lowest BCUT2D eigenvalue weighted by Crippen LogP contribution is -2.49. The molecule has 124 valence electrons. The number of para-hydroxylation sites is 1. The molecule has 3 nitrogen and oxygen atoms in total. The first-order valence-corrected chi connectivity index (χ1v) is 7.89. The van der Waals surface area contributed by atoms with E-state index in [-0.39, 0.29) is 11.6 Å². The molecule has 24 heavy (non-hydrogen) atoms. The molecule has 3 rings (SSSR count). The zero-order chi connectivity index (χ0) is 17.6. The first kappa shape index (κ1) is 16.4. The van der Waals surface area contributed by atoms with E-state index >= 15 is 0 Å². The van der Waals surface area contributed by atoms with Crippen molar-refractivity contribution in [1.29, 1.82) is 0 Å². The zero-order valence-electron chi connectivity index (χ0n) is 13.7. The number of carbonyl (C=O) groups excluding carboxylic acids is 2. The normalized spacial score (nSPS) is 29.6. The standard InChI is InChI=1S/C20H19FO3/c1-4-12-8-9-14-16(22)10-11(2)19(24)20(14,3)17(12)13-6-5-7-15(21)18(13)23/h4-8,10,14,17,23H,1,9H2,2-3H3. The maximum Gasteiger partial charge on any atom is 0.166 e. The van der Waals surface area contributed by atoms with Crippen LogP contribution in [0.2, 0.25) is 0 Å². The Kier molecular flexibility index (Phi) is 3.78. The molecule has 0 fully saturated rings. The number of rotatable bonds is 2. The predicted molar refractivity (Wildman–Crippen MR) is 89.1 cm³/mol. The Morgan fingerprint density at radius 2 is 2.08 bits per heavy atom. The summed E-state index contributed by atoms with van der Waals surface area (Å²) in [6, 6.07) is 4.26. The summed E-state index contributed by atoms with van der Waals surface area (Å²) in [6.45, 7) is 7.15. The number of aromatic hydroxyl groups is 1. The third-order valence-electron chi connectivity index (χ3n) is 5.36. The van der Waals surface area contributed by atoms with Gasteiger partial charge in [0.1, 0.15) is 0 Å². The van der Waals surface area contributed by atoms with Gasteiger partial charge < -0.3 is 5.11 Å². The van der Waals surface area contributed by atoms with Crippen LogP contribution in [0.5, 0.6) is 5.75 Å². The fourth-order valence-electron chi connectivity index (χ4n) is 4.14. The third kappa shape index (κ3) is 2.09. The highest BCUT2D eigenvalue weighted by atomic mass is 19.1. The molecule has 0 saturated heterocycles. The van der Waals surface area contributed by atoms with Crippen molar-refractivity contribution in [2.75, 3.05) is 0 Å². The van der Waals surface area contributed by atoms with E-state index in [0.717, 1.165) is 11.6 Å². The lowest BCUT2D eigenvalue weighted by atomic mass is 9.53. The van der Waals surface area contributed by atoms with E-state index in [1.807, 2.05) is 6.08 Å². The van der Waals surface area contributed by atoms with Gasteiger partial charge >= 0.3 is 0 Å². The fraction of sp³-hybridized carbons (Fsp3) is 0.300. The topological polar surface area (TPSA) is 54.4 Å².